The van der Waals surface area contributed by atoms with Gasteiger partial charge in [-0.3, -0.25) is 4.79 Å². The molecule has 0 saturated carbocycles. The summed E-state index contributed by atoms with van der Waals surface area (Å²) in [6, 6.07) is 15.8. The van der Waals surface area contributed by atoms with Gasteiger partial charge < -0.3 is 20.6 Å². The van der Waals surface area contributed by atoms with Gasteiger partial charge in [0.2, 0.25) is 5.91 Å². The van der Waals surface area contributed by atoms with Crippen LogP contribution < -0.4 is 10.6 Å². The molecular formula is C28H33FN4O2. The van der Waals surface area contributed by atoms with Crippen LogP contribution >= 0.6 is 0 Å². The predicted molar refractivity (Wildman–Crippen MR) is 139 cm³/mol. The van der Waals surface area contributed by atoms with Crippen molar-refractivity contribution in [1.82, 2.24) is 9.88 Å². The lowest BCUT2D eigenvalue weighted by Crippen LogP contribution is -2.38. The molecule has 0 radical (unpaired) electrons. The van der Waals surface area contributed by atoms with Crippen LogP contribution in [0.5, 0.6) is 5.75 Å². The SMILES string of the molecule is CC(=O)Nc1ccc(-c2cc(NCCCN3CCCCC3C)nc(-c3cc(F)ccc3O)c2)cc1. The van der Waals surface area contributed by atoms with E-state index in [0.717, 1.165) is 37.2 Å². The first kappa shape index (κ1) is 24.7. The largest absolute Gasteiger partial charge is 0.507 e. The number of carbonyl (C=O) groups is 1. The summed E-state index contributed by atoms with van der Waals surface area (Å²) in [5.74, 6) is 0.0756. The molecular weight excluding hydrogens is 443 g/mol. The molecule has 1 saturated heterocycles. The molecule has 2 heterocycles. The highest BCUT2D eigenvalue weighted by atomic mass is 19.1. The number of anilines is 2. The van der Waals surface area contributed by atoms with E-state index in [4.69, 9.17) is 0 Å². The summed E-state index contributed by atoms with van der Waals surface area (Å²) < 4.78 is 14.0. The van der Waals surface area contributed by atoms with E-state index in [1.165, 1.54) is 44.4 Å². The van der Waals surface area contributed by atoms with Crippen molar-refractivity contribution < 1.29 is 14.3 Å². The number of amides is 1. The Bertz CT molecular complexity index is 1170. The molecule has 1 aliphatic heterocycles. The Balaban J connectivity index is 1.56. The Kier molecular flexibility index (Phi) is 7.98. The minimum atomic E-state index is -0.435. The molecule has 0 aliphatic carbocycles. The molecule has 1 fully saturated rings. The Morgan fingerprint density at radius 1 is 1.11 bits per heavy atom. The van der Waals surface area contributed by atoms with Gasteiger partial charge >= 0.3 is 0 Å². The predicted octanol–water partition coefficient (Wildman–Crippen LogP) is 5.90. The maximum atomic E-state index is 14.0. The minimum absolute atomic E-state index is 0.0258. The van der Waals surface area contributed by atoms with Gasteiger partial charge in [-0.1, -0.05) is 18.6 Å². The third kappa shape index (κ3) is 6.57. The van der Waals surface area contributed by atoms with Gasteiger partial charge in [0, 0.05) is 37.3 Å². The summed E-state index contributed by atoms with van der Waals surface area (Å²) >= 11 is 0. The third-order valence-electron chi connectivity index (χ3n) is 6.47. The third-order valence-corrected chi connectivity index (χ3v) is 6.47. The molecule has 1 aromatic heterocycles. The van der Waals surface area contributed by atoms with Gasteiger partial charge in [0.1, 0.15) is 17.4 Å². The topological polar surface area (TPSA) is 77.5 Å². The quantitative estimate of drug-likeness (QED) is 0.353. The number of benzene rings is 2. The fourth-order valence-electron chi connectivity index (χ4n) is 4.58. The molecule has 0 bridgehead atoms. The number of carbonyl (C=O) groups excluding carboxylic acids is 1. The zero-order valence-corrected chi connectivity index (χ0v) is 20.4. The number of hydrogen-bond donors (Lipinski definition) is 3. The number of aromatic hydroxyl groups is 1. The first-order valence-electron chi connectivity index (χ1n) is 12.3. The number of halogens is 1. The zero-order valence-electron chi connectivity index (χ0n) is 20.4. The number of phenols is 1. The van der Waals surface area contributed by atoms with E-state index in [1.807, 2.05) is 36.4 Å². The molecule has 1 unspecified atom stereocenters. The first-order valence-corrected chi connectivity index (χ1v) is 12.3. The molecule has 184 valence electrons. The lowest BCUT2D eigenvalue weighted by atomic mass is 10.0. The van der Waals surface area contributed by atoms with Gasteiger partial charge in [0.05, 0.1) is 5.69 Å². The second-order valence-corrected chi connectivity index (χ2v) is 9.21. The highest BCUT2D eigenvalue weighted by Crippen LogP contribution is 2.33. The van der Waals surface area contributed by atoms with Crippen LogP contribution in [0.2, 0.25) is 0 Å². The van der Waals surface area contributed by atoms with Crippen LogP contribution in [-0.2, 0) is 4.79 Å². The van der Waals surface area contributed by atoms with E-state index in [2.05, 4.69) is 27.4 Å². The maximum Gasteiger partial charge on any atom is 0.221 e. The standard InChI is InChI=1S/C28H33FN4O2/c1-19-6-3-4-14-33(19)15-5-13-30-28-17-22(21-7-10-24(11-8-21)31-20(2)34)16-26(32-28)25-18-23(29)9-12-27(25)35/h7-12,16-19,35H,3-6,13-15H2,1-2H3,(H,30,32)(H,31,34). The van der Waals surface area contributed by atoms with Gasteiger partial charge in [0.25, 0.3) is 0 Å². The number of rotatable bonds is 8. The van der Waals surface area contributed by atoms with Crippen molar-refractivity contribution in [3.8, 4) is 28.1 Å². The molecule has 3 aromatic rings. The number of piperidine rings is 1. The van der Waals surface area contributed by atoms with Gasteiger partial charge in [-0.05, 0) is 86.3 Å². The molecule has 1 atom stereocenters. The normalized spacial score (nSPS) is 16.1. The van der Waals surface area contributed by atoms with Crippen molar-refractivity contribution in [3.63, 3.8) is 0 Å². The van der Waals surface area contributed by atoms with E-state index < -0.39 is 5.82 Å². The summed E-state index contributed by atoms with van der Waals surface area (Å²) in [5.41, 5.74) is 3.33. The molecule has 1 aliphatic rings. The van der Waals surface area contributed by atoms with Crippen LogP contribution in [-0.4, -0.2) is 46.6 Å². The molecule has 35 heavy (non-hydrogen) atoms. The Labute approximate surface area is 206 Å². The van der Waals surface area contributed by atoms with Crippen LogP contribution in [0.15, 0.2) is 54.6 Å². The van der Waals surface area contributed by atoms with Gasteiger partial charge in [-0.15, -0.1) is 0 Å². The second-order valence-electron chi connectivity index (χ2n) is 9.21. The van der Waals surface area contributed by atoms with Crippen LogP contribution in [0.3, 0.4) is 0 Å². The molecule has 0 spiro atoms. The van der Waals surface area contributed by atoms with E-state index in [1.54, 1.807) is 0 Å². The number of hydrogen-bond acceptors (Lipinski definition) is 5. The Hall–Kier alpha value is -3.45. The zero-order chi connectivity index (χ0) is 24.8. The van der Waals surface area contributed by atoms with Crippen molar-refractivity contribution in [2.75, 3.05) is 30.3 Å². The lowest BCUT2D eigenvalue weighted by Gasteiger charge is -2.33. The van der Waals surface area contributed by atoms with Gasteiger partial charge in [0.15, 0.2) is 0 Å². The summed E-state index contributed by atoms with van der Waals surface area (Å²) in [7, 11) is 0. The number of pyridine rings is 1. The number of likely N-dealkylation sites (tertiary alicyclic amines) is 1. The fourth-order valence-corrected chi connectivity index (χ4v) is 4.58. The second kappa shape index (κ2) is 11.3. The van der Waals surface area contributed by atoms with Crippen molar-refractivity contribution in [2.45, 2.75) is 45.6 Å². The van der Waals surface area contributed by atoms with Crippen LogP contribution in [0.1, 0.15) is 39.5 Å². The van der Waals surface area contributed by atoms with Crippen molar-refractivity contribution in [1.29, 1.82) is 0 Å². The number of nitrogens with one attached hydrogen (secondary N) is 2. The number of phenolic OH excluding ortho intramolecular Hbond substituents is 1. The highest BCUT2D eigenvalue weighted by molar-refractivity contribution is 5.89. The summed E-state index contributed by atoms with van der Waals surface area (Å²) in [6.45, 7) is 6.73. The Morgan fingerprint density at radius 2 is 1.91 bits per heavy atom. The van der Waals surface area contributed by atoms with Crippen molar-refractivity contribution in [2.24, 2.45) is 0 Å². The smallest absolute Gasteiger partial charge is 0.221 e. The summed E-state index contributed by atoms with van der Waals surface area (Å²) in [5, 5.41) is 16.6. The molecule has 4 rings (SSSR count). The summed E-state index contributed by atoms with van der Waals surface area (Å²) in [6.07, 6.45) is 4.83. The fraction of sp³-hybridized carbons (Fsp3) is 0.357. The van der Waals surface area contributed by atoms with Crippen LogP contribution in [0, 0.1) is 5.82 Å². The lowest BCUT2D eigenvalue weighted by molar-refractivity contribution is -0.114. The first-order chi connectivity index (χ1) is 16.9. The van der Waals surface area contributed by atoms with E-state index in [0.29, 0.717) is 28.8 Å². The van der Waals surface area contributed by atoms with E-state index in [9.17, 15) is 14.3 Å². The summed E-state index contributed by atoms with van der Waals surface area (Å²) in [4.78, 5) is 18.6. The average Bonchev–Trinajstić information content (AvgIpc) is 2.84. The van der Waals surface area contributed by atoms with Crippen molar-refractivity contribution >= 4 is 17.4 Å². The van der Waals surface area contributed by atoms with E-state index in [-0.39, 0.29) is 11.7 Å². The van der Waals surface area contributed by atoms with Crippen LogP contribution in [0.25, 0.3) is 22.4 Å². The molecule has 2 aromatic carbocycles. The molecule has 3 N–H and O–H groups in total. The maximum absolute atomic E-state index is 14.0. The average molecular weight is 477 g/mol. The molecule has 6 nitrogen and oxygen atoms in total. The number of nitrogens with zero attached hydrogens (tertiary/aromatic N) is 2. The van der Waals surface area contributed by atoms with Crippen LogP contribution in [0.4, 0.5) is 15.9 Å². The van der Waals surface area contributed by atoms with Crippen molar-refractivity contribution in [3.05, 3.63) is 60.4 Å². The Morgan fingerprint density at radius 3 is 2.66 bits per heavy atom. The van der Waals surface area contributed by atoms with Gasteiger partial charge in [-0.25, -0.2) is 9.37 Å². The van der Waals surface area contributed by atoms with Gasteiger partial charge in [-0.2, -0.15) is 0 Å². The highest BCUT2D eigenvalue weighted by Gasteiger charge is 2.17. The minimum Gasteiger partial charge on any atom is -0.507 e. The molecule has 1 amide bonds. The number of aromatic nitrogens is 1. The van der Waals surface area contributed by atoms with E-state index >= 15 is 0 Å². The monoisotopic (exact) mass is 476 g/mol. The molecule has 7 heteroatoms.